The molecule has 1 N–H and O–H groups in total. The van der Waals surface area contributed by atoms with E-state index < -0.39 is 12.0 Å². The van der Waals surface area contributed by atoms with Crippen LogP contribution >= 0.6 is 0 Å². The molecule has 0 radical (unpaired) electrons. The lowest BCUT2D eigenvalue weighted by atomic mass is 9.72. The Balaban J connectivity index is 1.41. The quantitative estimate of drug-likeness (QED) is 0.567. The van der Waals surface area contributed by atoms with Gasteiger partial charge in [-0.1, -0.05) is 61.7 Å². The molecule has 0 unspecified atom stereocenters. The largest absolute Gasteiger partial charge is 0.573 e. The smallest absolute Gasteiger partial charge is 0.406 e. The molecule has 2 aliphatic rings. The van der Waals surface area contributed by atoms with Crippen molar-refractivity contribution in [2.45, 2.75) is 56.4 Å². The minimum Gasteiger partial charge on any atom is -0.406 e. The normalized spacial score (nSPS) is 20.7. The van der Waals surface area contributed by atoms with Crippen LogP contribution in [-0.2, 0) is 6.42 Å². The van der Waals surface area contributed by atoms with Gasteiger partial charge in [0.15, 0.2) is 0 Å². The van der Waals surface area contributed by atoms with Gasteiger partial charge in [-0.25, -0.2) is 0 Å². The third-order valence-electron chi connectivity index (χ3n) is 7.33. The fourth-order valence-electron chi connectivity index (χ4n) is 5.41. The van der Waals surface area contributed by atoms with E-state index >= 15 is 0 Å². The van der Waals surface area contributed by atoms with Crippen molar-refractivity contribution in [1.29, 1.82) is 0 Å². The zero-order valence-electron chi connectivity index (χ0n) is 19.6. The Morgan fingerprint density at radius 3 is 2.24 bits per heavy atom. The number of halogens is 3. The molecule has 1 saturated heterocycles. The van der Waals surface area contributed by atoms with E-state index in [1.807, 2.05) is 12.1 Å². The van der Waals surface area contributed by atoms with Crippen molar-refractivity contribution < 1.29 is 23.0 Å². The van der Waals surface area contributed by atoms with Crippen molar-refractivity contribution >= 4 is 0 Å². The van der Waals surface area contributed by atoms with Crippen molar-refractivity contribution in [3.8, 4) is 5.75 Å². The summed E-state index contributed by atoms with van der Waals surface area (Å²) in [7, 11) is 0. The summed E-state index contributed by atoms with van der Waals surface area (Å²) in [4.78, 5) is 4.82. The highest BCUT2D eigenvalue weighted by molar-refractivity contribution is 5.33. The van der Waals surface area contributed by atoms with E-state index in [1.165, 1.54) is 17.7 Å². The summed E-state index contributed by atoms with van der Waals surface area (Å²) in [5.74, 6) is -0.472. The lowest BCUT2D eigenvalue weighted by molar-refractivity contribution is -0.274. The fourth-order valence-corrected chi connectivity index (χ4v) is 5.41. The predicted octanol–water partition coefficient (Wildman–Crippen LogP) is 5.22. The summed E-state index contributed by atoms with van der Waals surface area (Å²) in [5, 5.41) is 11.6. The minimum atomic E-state index is -4.73. The Morgan fingerprint density at radius 1 is 0.882 bits per heavy atom. The number of ether oxygens (including phenoxy) is 1. The maximum Gasteiger partial charge on any atom is 0.573 e. The molecule has 2 aromatic carbocycles. The van der Waals surface area contributed by atoms with E-state index in [4.69, 9.17) is 0 Å². The van der Waals surface area contributed by atoms with Gasteiger partial charge < -0.3 is 19.6 Å². The summed E-state index contributed by atoms with van der Waals surface area (Å²) >= 11 is 0. The minimum absolute atomic E-state index is 0.222. The average molecular weight is 477 g/mol. The highest BCUT2D eigenvalue weighted by Crippen LogP contribution is 2.41. The van der Waals surface area contributed by atoms with Crippen LogP contribution in [0.1, 0.15) is 49.1 Å². The third-order valence-corrected chi connectivity index (χ3v) is 7.33. The summed E-state index contributed by atoms with van der Waals surface area (Å²) in [5.41, 5.74) is 1.16. The first kappa shape index (κ1) is 25.0. The lowest BCUT2D eigenvalue weighted by Gasteiger charge is -2.43. The van der Waals surface area contributed by atoms with Gasteiger partial charge in [0.2, 0.25) is 0 Å². The second-order valence-electron chi connectivity index (χ2n) is 9.71. The maximum absolute atomic E-state index is 12.8. The highest BCUT2D eigenvalue weighted by Gasteiger charge is 2.40. The Hall–Kier alpha value is -2.09. The second-order valence-corrected chi connectivity index (χ2v) is 9.71. The van der Waals surface area contributed by atoms with Gasteiger partial charge in [0, 0.05) is 45.2 Å². The van der Waals surface area contributed by atoms with E-state index in [-0.39, 0.29) is 11.7 Å². The maximum atomic E-state index is 12.8. The SMILES string of the molecule is OC1([C@H](CN2CCN(CCc3ccccc3)CC2)c2cccc(OC(F)(F)F)c2)CCCCC1. The van der Waals surface area contributed by atoms with Crippen LogP contribution in [0.5, 0.6) is 5.75 Å². The van der Waals surface area contributed by atoms with Crippen molar-refractivity contribution in [1.82, 2.24) is 9.80 Å². The van der Waals surface area contributed by atoms with Gasteiger partial charge in [-0.2, -0.15) is 0 Å². The standard InChI is InChI=1S/C27H35F3N2O2/c28-27(29,30)34-24-11-7-10-23(20-24)25(26(33)13-5-2-6-14-26)21-32-18-16-31(17-19-32)15-12-22-8-3-1-4-9-22/h1,3-4,7-11,20,25,33H,2,5-6,12-19,21H2/t25-/m1/s1. The van der Waals surface area contributed by atoms with Crippen molar-refractivity contribution in [3.63, 3.8) is 0 Å². The Kier molecular flexibility index (Phi) is 8.17. The van der Waals surface area contributed by atoms with E-state index in [0.717, 1.165) is 64.0 Å². The molecule has 2 fully saturated rings. The van der Waals surface area contributed by atoms with Crippen LogP contribution in [0.2, 0.25) is 0 Å². The molecular weight excluding hydrogens is 441 g/mol. The Morgan fingerprint density at radius 2 is 1.56 bits per heavy atom. The van der Waals surface area contributed by atoms with Gasteiger partial charge in [0.25, 0.3) is 0 Å². The van der Waals surface area contributed by atoms with Crippen LogP contribution in [0.25, 0.3) is 0 Å². The second kappa shape index (κ2) is 11.1. The molecule has 1 saturated carbocycles. The van der Waals surface area contributed by atoms with Gasteiger partial charge in [-0.05, 0) is 42.5 Å². The average Bonchev–Trinajstić information content (AvgIpc) is 2.82. The molecule has 4 nitrogen and oxygen atoms in total. The first-order valence-electron chi connectivity index (χ1n) is 12.4. The Bertz CT molecular complexity index is 892. The monoisotopic (exact) mass is 476 g/mol. The number of hydrogen-bond acceptors (Lipinski definition) is 4. The van der Waals surface area contributed by atoms with Crippen LogP contribution in [0.3, 0.4) is 0 Å². The molecule has 4 rings (SSSR count). The number of piperazine rings is 1. The summed E-state index contributed by atoms with van der Waals surface area (Å²) < 4.78 is 42.6. The van der Waals surface area contributed by atoms with E-state index in [9.17, 15) is 18.3 Å². The fraction of sp³-hybridized carbons (Fsp3) is 0.556. The Labute approximate surface area is 200 Å². The molecule has 2 aromatic rings. The summed E-state index contributed by atoms with van der Waals surface area (Å²) in [6, 6.07) is 16.7. The number of rotatable bonds is 8. The number of alkyl halides is 3. The van der Waals surface area contributed by atoms with Crippen LogP contribution in [0.4, 0.5) is 13.2 Å². The summed E-state index contributed by atoms with van der Waals surface area (Å²) in [6.07, 6.45) is 0.629. The van der Waals surface area contributed by atoms with Crippen molar-refractivity contribution in [2.75, 3.05) is 39.3 Å². The van der Waals surface area contributed by atoms with Gasteiger partial charge in [0.05, 0.1) is 5.60 Å². The molecular formula is C27H35F3N2O2. The van der Waals surface area contributed by atoms with Crippen molar-refractivity contribution in [3.05, 3.63) is 65.7 Å². The summed E-state index contributed by atoms with van der Waals surface area (Å²) in [6.45, 7) is 5.34. The first-order valence-corrected chi connectivity index (χ1v) is 12.4. The molecule has 7 heteroatoms. The number of aliphatic hydroxyl groups is 1. The van der Waals surface area contributed by atoms with E-state index in [1.54, 1.807) is 6.07 Å². The van der Waals surface area contributed by atoms with E-state index in [0.29, 0.717) is 19.4 Å². The molecule has 0 amide bonds. The predicted molar refractivity (Wildman–Crippen MR) is 127 cm³/mol. The topological polar surface area (TPSA) is 35.9 Å². The first-order chi connectivity index (χ1) is 16.3. The molecule has 186 valence electrons. The van der Waals surface area contributed by atoms with Gasteiger partial charge in [-0.3, -0.25) is 0 Å². The zero-order chi connectivity index (χ0) is 24.0. The molecule has 1 heterocycles. The molecule has 0 aromatic heterocycles. The number of hydrogen-bond donors (Lipinski definition) is 1. The molecule has 0 spiro atoms. The van der Waals surface area contributed by atoms with Gasteiger partial charge >= 0.3 is 6.36 Å². The van der Waals surface area contributed by atoms with Gasteiger partial charge in [-0.15, -0.1) is 13.2 Å². The zero-order valence-corrected chi connectivity index (χ0v) is 19.6. The lowest BCUT2D eigenvalue weighted by Crippen LogP contribution is -2.51. The van der Waals surface area contributed by atoms with Crippen LogP contribution < -0.4 is 4.74 Å². The van der Waals surface area contributed by atoms with E-state index in [2.05, 4.69) is 38.8 Å². The molecule has 1 aliphatic carbocycles. The van der Waals surface area contributed by atoms with Gasteiger partial charge in [0.1, 0.15) is 5.75 Å². The molecule has 1 atom stereocenters. The molecule has 34 heavy (non-hydrogen) atoms. The highest BCUT2D eigenvalue weighted by atomic mass is 19.4. The number of nitrogens with zero attached hydrogens (tertiary/aromatic N) is 2. The third kappa shape index (κ3) is 6.96. The van der Waals surface area contributed by atoms with Crippen molar-refractivity contribution in [2.24, 2.45) is 0 Å². The van der Waals surface area contributed by atoms with Crippen LogP contribution in [0, 0.1) is 0 Å². The van der Waals surface area contributed by atoms with Crippen LogP contribution in [-0.4, -0.2) is 66.1 Å². The van der Waals surface area contributed by atoms with Crippen LogP contribution in [0.15, 0.2) is 54.6 Å². The molecule has 1 aliphatic heterocycles. The molecule has 0 bridgehead atoms. The number of benzene rings is 2.